The Labute approximate surface area is 228 Å². The average Bonchev–Trinajstić information content (AvgIpc) is 3.41. The highest BCUT2D eigenvalue weighted by Gasteiger charge is 2.25. The van der Waals surface area contributed by atoms with E-state index in [4.69, 9.17) is 9.72 Å². The summed E-state index contributed by atoms with van der Waals surface area (Å²) in [6.07, 6.45) is 5.24. The first-order chi connectivity index (χ1) is 18.9. The van der Waals surface area contributed by atoms with Gasteiger partial charge in [-0.15, -0.1) is 0 Å². The molecule has 0 spiro atoms. The normalized spacial score (nSPS) is 13.8. The molecule has 0 bridgehead atoms. The first-order valence-electron chi connectivity index (χ1n) is 13.6. The van der Waals surface area contributed by atoms with Crippen LogP contribution in [0.3, 0.4) is 0 Å². The van der Waals surface area contributed by atoms with Crippen LogP contribution in [0.2, 0.25) is 0 Å². The molecule has 0 unspecified atom stereocenters. The number of aryl methyl sites for hydroxylation is 2. The van der Waals surface area contributed by atoms with E-state index in [-0.39, 0.29) is 24.1 Å². The summed E-state index contributed by atoms with van der Waals surface area (Å²) in [5.74, 6) is 0.775. The number of ether oxygens (including phenoxy) is 1. The molecule has 1 fully saturated rings. The van der Waals surface area contributed by atoms with Gasteiger partial charge in [0, 0.05) is 47.5 Å². The van der Waals surface area contributed by atoms with E-state index in [9.17, 15) is 9.59 Å². The molecule has 1 aromatic carbocycles. The number of H-pyrrole nitrogens is 2. The lowest BCUT2D eigenvalue weighted by atomic mass is 9.99. The summed E-state index contributed by atoms with van der Waals surface area (Å²) >= 11 is 0. The van der Waals surface area contributed by atoms with E-state index in [0.717, 1.165) is 65.0 Å². The predicted molar refractivity (Wildman–Crippen MR) is 153 cm³/mol. The number of benzene rings is 1. The third-order valence-corrected chi connectivity index (χ3v) is 7.30. The molecule has 4 heterocycles. The molecule has 1 aliphatic rings. The topological polar surface area (TPSA) is 107 Å². The number of nitrogens with zero attached hydrogens (tertiary/aromatic N) is 4. The molecule has 0 saturated carbocycles. The Hall–Kier alpha value is -3.98. The van der Waals surface area contributed by atoms with Crippen LogP contribution in [-0.2, 0) is 17.7 Å². The van der Waals surface area contributed by atoms with Crippen molar-refractivity contribution in [3.8, 4) is 11.1 Å². The summed E-state index contributed by atoms with van der Waals surface area (Å²) in [6, 6.07) is 9.85. The fourth-order valence-electron chi connectivity index (χ4n) is 5.20. The molecule has 1 aliphatic heterocycles. The summed E-state index contributed by atoms with van der Waals surface area (Å²) in [5.41, 5.74) is 5.44. The van der Waals surface area contributed by atoms with Crippen molar-refractivity contribution in [3.63, 3.8) is 0 Å². The number of hydrogen-bond donors (Lipinski definition) is 2. The fourth-order valence-corrected chi connectivity index (χ4v) is 5.20. The van der Waals surface area contributed by atoms with Crippen molar-refractivity contribution in [2.45, 2.75) is 53.1 Å². The molecule has 1 saturated heterocycles. The summed E-state index contributed by atoms with van der Waals surface area (Å²) < 4.78 is 5.45. The minimum atomic E-state index is -0.140. The van der Waals surface area contributed by atoms with Crippen LogP contribution in [-0.4, -0.2) is 63.3 Å². The highest BCUT2D eigenvalue weighted by molar-refractivity contribution is 6.07. The molecule has 1 amide bonds. The highest BCUT2D eigenvalue weighted by atomic mass is 16.5. The van der Waals surface area contributed by atoms with Gasteiger partial charge in [-0.1, -0.05) is 13.3 Å². The number of amides is 1. The quantitative estimate of drug-likeness (QED) is 0.350. The van der Waals surface area contributed by atoms with E-state index in [1.807, 2.05) is 57.3 Å². The van der Waals surface area contributed by atoms with Gasteiger partial charge in [0.25, 0.3) is 11.5 Å². The van der Waals surface area contributed by atoms with Gasteiger partial charge in [0.2, 0.25) is 0 Å². The SMILES string of the molecule is CCCc1cc(C)[nH]c(=O)c1CN(C(=O)c1cc(-c2ccc(N3CCOCC3)nc2)cc2[nH]ncc12)C(C)C. The zero-order chi connectivity index (χ0) is 27.5. The maximum Gasteiger partial charge on any atom is 0.255 e. The number of nitrogens with one attached hydrogen (secondary N) is 2. The van der Waals surface area contributed by atoms with Crippen molar-refractivity contribution in [1.29, 1.82) is 0 Å². The van der Waals surface area contributed by atoms with E-state index in [0.29, 0.717) is 24.3 Å². The first kappa shape index (κ1) is 26.6. The number of carbonyl (C=O) groups is 1. The molecule has 0 radical (unpaired) electrons. The maximum absolute atomic E-state index is 14.1. The van der Waals surface area contributed by atoms with Crippen LogP contribution in [0.25, 0.3) is 22.0 Å². The molecule has 0 aliphatic carbocycles. The number of aromatic nitrogens is 4. The number of morpholine rings is 1. The molecule has 2 N–H and O–H groups in total. The molecular formula is C30H36N6O3. The van der Waals surface area contributed by atoms with E-state index >= 15 is 0 Å². The van der Waals surface area contributed by atoms with Crippen molar-refractivity contribution in [2.24, 2.45) is 0 Å². The average molecular weight is 529 g/mol. The number of aromatic amines is 2. The van der Waals surface area contributed by atoms with Crippen LogP contribution in [0.5, 0.6) is 0 Å². The van der Waals surface area contributed by atoms with Gasteiger partial charge in [0.15, 0.2) is 0 Å². The van der Waals surface area contributed by atoms with Gasteiger partial charge in [-0.25, -0.2) is 4.98 Å². The van der Waals surface area contributed by atoms with Crippen molar-refractivity contribution in [1.82, 2.24) is 25.1 Å². The highest BCUT2D eigenvalue weighted by Crippen LogP contribution is 2.29. The summed E-state index contributed by atoms with van der Waals surface area (Å²) in [4.78, 5) is 38.7. The number of anilines is 1. The van der Waals surface area contributed by atoms with Crippen molar-refractivity contribution >= 4 is 22.6 Å². The first-order valence-corrected chi connectivity index (χ1v) is 13.6. The fraction of sp³-hybridized carbons (Fsp3) is 0.400. The van der Waals surface area contributed by atoms with Crippen molar-refractivity contribution in [3.05, 3.63) is 75.5 Å². The molecular weight excluding hydrogens is 492 g/mol. The third kappa shape index (κ3) is 5.59. The van der Waals surface area contributed by atoms with Gasteiger partial charge in [0.1, 0.15) is 5.82 Å². The number of fused-ring (bicyclic) bond motifs is 1. The van der Waals surface area contributed by atoms with E-state index in [1.54, 1.807) is 11.1 Å². The van der Waals surface area contributed by atoms with Gasteiger partial charge in [-0.3, -0.25) is 14.7 Å². The molecule has 204 valence electrons. The number of carbonyl (C=O) groups excluding carboxylic acids is 1. The lowest BCUT2D eigenvalue weighted by molar-refractivity contribution is 0.0691. The largest absolute Gasteiger partial charge is 0.378 e. The second-order valence-corrected chi connectivity index (χ2v) is 10.4. The lowest BCUT2D eigenvalue weighted by Gasteiger charge is -2.28. The van der Waals surface area contributed by atoms with E-state index in [1.165, 1.54) is 0 Å². The van der Waals surface area contributed by atoms with Gasteiger partial charge < -0.3 is 19.5 Å². The zero-order valence-electron chi connectivity index (χ0n) is 23.1. The minimum Gasteiger partial charge on any atom is -0.378 e. The van der Waals surface area contributed by atoms with Crippen LogP contribution in [0.1, 0.15) is 54.4 Å². The van der Waals surface area contributed by atoms with Crippen LogP contribution in [0.4, 0.5) is 5.82 Å². The second-order valence-electron chi connectivity index (χ2n) is 10.4. The van der Waals surface area contributed by atoms with Crippen molar-refractivity contribution in [2.75, 3.05) is 31.2 Å². The molecule has 4 aromatic rings. The smallest absolute Gasteiger partial charge is 0.255 e. The Kier molecular flexibility index (Phi) is 7.79. The molecule has 3 aromatic heterocycles. The molecule has 39 heavy (non-hydrogen) atoms. The maximum atomic E-state index is 14.1. The third-order valence-electron chi connectivity index (χ3n) is 7.30. The monoisotopic (exact) mass is 528 g/mol. The standard InChI is InChI=1S/C30H36N6O3/c1-5-6-21-13-20(4)33-29(37)26(21)18-36(19(2)3)30(38)24-14-23(15-27-25(24)17-32-34-27)22-7-8-28(31-16-22)35-9-11-39-12-10-35/h7-8,13-17,19H,5-6,9-12,18H2,1-4H3,(H,32,34)(H,33,37). The minimum absolute atomic E-state index is 0.118. The Bertz CT molecular complexity index is 1520. The number of pyridine rings is 2. The Morgan fingerprint density at radius 1 is 1.13 bits per heavy atom. The van der Waals surface area contributed by atoms with Crippen LogP contribution >= 0.6 is 0 Å². The van der Waals surface area contributed by atoms with Gasteiger partial charge >= 0.3 is 0 Å². The van der Waals surface area contributed by atoms with Crippen LogP contribution < -0.4 is 10.5 Å². The predicted octanol–water partition coefficient (Wildman–Crippen LogP) is 4.46. The van der Waals surface area contributed by atoms with Crippen LogP contribution in [0, 0.1) is 6.92 Å². The van der Waals surface area contributed by atoms with Gasteiger partial charge in [0.05, 0.1) is 37.0 Å². The van der Waals surface area contributed by atoms with Crippen LogP contribution in [0.15, 0.2) is 47.5 Å². The summed E-state index contributed by atoms with van der Waals surface area (Å²) in [5, 5.41) is 8.00. The van der Waals surface area contributed by atoms with Gasteiger partial charge in [-0.05, 0) is 68.7 Å². The molecule has 9 nitrogen and oxygen atoms in total. The number of hydrogen-bond acceptors (Lipinski definition) is 6. The lowest BCUT2D eigenvalue weighted by Crippen LogP contribution is -2.38. The van der Waals surface area contributed by atoms with E-state index < -0.39 is 0 Å². The van der Waals surface area contributed by atoms with Gasteiger partial charge in [-0.2, -0.15) is 5.10 Å². The second kappa shape index (κ2) is 11.4. The molecule has 9 heteroatoms. The zero-order valence-corrected chi connectivity index (χ0v) is 23.1. The molecule has 5 rings (SSSR count). The Balaban J connectivity index is 1.50. The summed E-state index contributed by atoms with van der Waals surface area (Å²) in [6.45, 7) is 11.2. The Morgan fingerprint density at radius 2 is 1.92 bits per heavy atom. The number of rotatable bonds is 8. The summed E-state index contributed by atoms with van der Waals surface area (Å²) in [7, 11) is 0. The Morgan fingerprint density at radius 3 is 2.62 bits per heavy atom. The van der Waals surface area contributed by atoms with Crippen molar-refractivity contribution < 1.29 is 9.53 Å². The molecule has 0 atom stereocenters. The van der Waals surface area contributed by atoms with E-state index in [2.05, 4.69) is 27.0 Å².